The molecule has 4 N–H and O–H groups in total. The summed E-state index contributed by atoms with van der Waals surface area (Å²) in [4.78, 5) is 70.2. The zero-order valence-corrected chi connectivity index (χ0v) is 31.2. The Labute approximate surface area is 314 Å². The first-order chi connectivity index (χ1) is 26.0. The lowest BCUT2D eigenvalue weighted by Crippen LogP contribution is -2.51. The molecule has 14 heteroatoms. The van der Waals surface area contributed by atoms with E-state index in [1.807, 2.05) is 107 Å². The molecule has 0 radical (unpaired) electrons. The van der Waals surface area contributed by atoms with Crippen LogP contribution in [-0.4, -0.2) is 93.1 Å². The molecule has 0 aliphatic carbocycles. The molecule has 6 rings (SSSR count). The van der Waals surface area contributed by atoms with Gasteiger partial charge in [0.25, 0.3) is 0 Å². The summed E-state index contributed by atoms with van der Waals surface area (Å²) in [5, 5.41) is 5.32. The van der Waals surface area contributed by atoms with Crippen molar-refractivity contribution < 1.29 is 28.7 Å². The Bertz CT molecular complexity index is 1880. The predicted octanol–water partition coefficient (Wildman–Crippen LogP) is 5.77. The summed E-state index contributed by atoms with van der Waals surface area (Å²) in [5.74, 6) is 0.584. The molecule has 0 bridgehead atoms. The molecule has 14 nitrogen and oxygen atoms in total. The van der Waals surface area contributed by atoms with Gasteiger partial charge in [0.15, 0.2) is 0 Å². The Kier molecular flexibility index (Phi) is 11.3. The van der Waals surface area contributed by atoms with Gasteiger partial charge in [-0.3, -0.25) is 9.59 Å². The first kappa shape index (κ1) is 37.6. The van der Waals surface area contributed by atoms with Crippen LogP contribution in [0.25, 0.3) is 33.6 Å². The van der Waals surface area contributed by atoms with Gasteiger partial charge in [0, 0.05) is 24.8 Å². The second-order valence-corrected chi connectivity index (χ2v) is 14.0. The highest BCUT2D eigenvalue weighted by molar-refractivity contribution is 5.87. The molecule has 282 valence electrons. The number of ether oxygens (including phenoxy) is 2. The van der Waals surface area contributed by atoms with Gasteiger partial charge >= 0.3 is 12.2 Å². The van der Waals surface area contributed by atoms with Crippen LogP contribution in [0, 0.1) is 11.8 Å². The number of carbonyl (C=O) groups excluding carboxylic acids is 4. The van der Waals surface area contributed by atoms with Crippen molar-refractivity contribution in [3.63, 3.8) is 0 Å². The summed E-state index contributed by atoms with van der Waals surface area (Å²) < 4.78 is 9.47. The number of hydrogen-bond donors (Lipinski definition) is 4. The molecule has 0 saturated heterocycles. The second-order valence-electron chi connectivity index (χ2n) is 14.0. The predicted molar refractivity (Wildman–Crippen MR) is 203 cm³/mol. The van der Waals surface area contributed by atoms with Gasteiger partial charge in [-0.2, -0.15) is 0 Å². The van der Waals surface area contributed by atoms with Crippen LogP contribution in [0.4, 0.5) is 9.59 Å². The number of aromatic amines is 2. The van der Waals surface area contributed by atoms with Gasteiger partial charge in [-0.05, 0) is 28.5 Å². The quantitative estimate of drug-likeness (QED) is 0.141. The maximum atomic E-state index is 13.5. The van der Waals surface area contributed by atoms with E-state index in [4.69, 9.17) is 14.5 Å². The molecular formula is C40H46N8O6. The van der Waals surface area contributed by atoms with Gasteiger partial charge < -0.3 is 39.9 Å². The van der Waals surface area contributed by atoms with Crippen molar-refractivity contribution in [2.75, 3.05) is 27.3 Å². The van der Waals surface area contributed by atoms with E-state index in [1.54, 1.807) is 16.0 Å². The van der Waals surface area contributed by atoms with E-state index in [0.29, 0.717) is 24.7 Å². The lowest BCUT2D eigenvalue weighted by atomic mass is 10.0. The van der Waals surface area contributed by atoms with Crippen LogP contribution in [0.5, 0.6) is 0 Å². The zero-order valence-electron chi connectivity index (χ0n) is 31.2. The van der Waals surface area contributed by atoms with Crippen LogP contribution in [0.3, 0.4) is 0 Å². The van der Waals surface area contributed by atoms with Crippen molar-refractivity contribution in [3.8, 4) is 33.6 Å². The smallest absolute Gasteiger partial charge is 0.407 e. The number of imidazole rings is 2. The molecule has 2 aromatic carbocycles. The van der Waals surface area contributed by atoms with Crippen molar-refractivity contribution in [3.05, 3.63) is 96.9 Å². The molecule has 4 aromatic rings. The molecule has 0 fully saturated rings. The highest BCUT2D eigenvalue weighted by atomic mass is 16.5. The second kappa shape index (κ2) is 16.2. The largest absolute Gasteiger partial charge is 0.453 e. The van der Waals surface area contributed by atoms with Gasteiger partial charge in [-0.1, -0.05) is 101 Å². The van der Waals surface area contributed by atoms with Crippen molar-refractivity contribution in [2.45, 2.75) is 51.9 Å². The number of aromatic nitrogens is 4. The number of amides is 4. The Morgan fingerprint density at radius 2 is 1.17 bits per heavy atom. The first-order valence-corrected chi connectivity index (χ1v) is 17.9. The number of methoxy groups -OCH3 is 2. The SMILES string of the molecule is COC(=O)NC(C(=O)N1CC=C[C@H]1c1nc(-c2ccc(-c3ccc(-c4cnc([C@@H]5C=CCN5C(=O)[C@@H](NC(=O)OC)C(C)C)[nH]4)cc3)cc2)c[nH]1)C(C)C. The molecule has 4 atom stereocenters. The molecule has 2 aromatic heterocycles. The van der Waals surface area contributed by atoms with Crippen molar-refractivity contribution in [2.24, 2.45) is 11.8 Å². The summed E-state index contributed by atoms with van der Waals surface area (Å²) in [6.07, 6.45) is 10.0. The lowest BCUT2D eigenvalue weighted by Gasteiger charge is -2.29. The van der Waals surface area contributed by atoms with E-state index in [-0.39, 0.29) is 35.7 Å². The van der Waals surface area contributed by atoms with Gasteiger partial charge in [0.1, 0.15) is 35.8 Å². The molecule has 0 spiro atoms. The molecule has 4 amide bonds. The van der Waals surface area contributed by atoms with Gasteiger partial charge in [0.05, 0.1) is 31.8 Å². The summed E-state index contributed by atoms with van der Waals surface area (Å²) in [7, 11) is 2.55. The average Bonchev–Trinajstić information content (AvgIpc) is 4.02. The summed E-state index contributed by atoms with van der Waals surface area (Å²) >= 11 is 0. The number of rotatable bonds is 11. The first-order valence-electron chi connectivity index (χ1n) is 17.9. The summed E-state index contributed by atoms with van der Waals surface area (Å²) in [5.41, 5.74) is 5.50. The standard InChI is InChI=1S/C40H46N8O6/c1-23(2)33(45-39(51)53-5)37(49)47-19-7-9-31(47)35-41-21-29(43-35)27-15-11-25(12-16-27)26-13-17-28(18-14-26)30-22-42-36(44-30)32-10-8-20-48(32)38(50)34(24(3)4)46-40(52)54-6/h7-18,21-24,31-34H,19-20H2,1-6H3,(H,41,43)(H,42,44)(H,45,51)(H,46,52)/t31-,32-,33-,34?/m0/s1. The third-order valence-corrected chi connectivity index (χ3v) is 9.72. The van der Waals surface area contributed by atoms with Crippen LogP contribution in [0.2, 0.25) is 0 Å². The number of benzene rings is 2. The summed E-state index contributed by atoms with van der Waals surface area (Å²) in [6.45, 7) is 8.33. The third-order valence-electron chi connectivity index (χ3n) is 9.72. The fraction of sp³-hybridized carbons (Fsp3) is 0.350. The van der Waals surface area contributed by atoms with E-state index >= 15 is 0 Å². The maximum absolute atomic E-state index is 13.5. The monoisotopic (exact) mass is 734 g/mol. The molecule has 2 aliphatic heterocycles. The van der Waals surface area contributed by atoms with Gasteiger partial charge in [0.2, 0.25) is 11.8 Å². The number of carbonyl (C=O) groups is 4. The van der Waals surface area contributed by atoms with Crippen molar-refractivity contribution in [1.82, 2.24) is 40.4 Å². The minimum atomic E-state index is -0.730. The highest BCUT2D eigenvalue weighted by Crippen LogP contribution is 2.32. The number of H-pyrrole nitrogens is 2. The van der Waals surface area contributed by atoms with Crippen LogP contribution >= 0.6 is 0 Å². The minimum Gasteiger partial charge on any atom is -0.453 e. The molecule has 0 saturated carbocycles. The third kappa shape index (κ3) is 7.92. The fourth-order valence-electron chi connectivity index (χ4n) is 6.67. The molecular weight excluding hydrogens is 688 g/mol. The van der Waals surface area contributed by atoms with E-state index < -0.39 is 24.3 Å². The number of nitrogens with one attached hydrogen (secondary N) is 4. The maximum Gasteiger partial charge on any atom is 0.407 e. The number of nitrogens with zero attached hydrogens (tertiary/aromatic N) is 4. The zero-order chi connectivity index (χ0) is 38.5. The van der Waals surface area contributed by atoms with E-state index in [0.717, 1.165) is 33.6 Å². The Hall–Kier alpha value is -6.18. The molecule has 1 unspecified atom stereocenters. The van der Waals surface area contributed by atoms with Crippen molar-refractivity contribution >= 4 is 24.0 Å². The van der Waals surface area contributed by atoms with Crippen molar-refractivity contribution in [1.29, 1.82) is 0 Å². The Morgan fingerprint density at radius 3 is 1.65 bits per heavy atom. The van der Waals surface area contributed by atoms with Gasteiger partial charge in [-0.15, -0.1) is 0 Å². The average molecular weight is 735 g/mol. The van der Waals surface area contributed by atoms with E-state index in [2.05, 4.69) is 25.6 Å². The highest BCUT2D eigenvalue weighted by Gasteiger charge is 2.36. The Balaban J connectivity index is 1.11. The lowest BCUT2D eigenvalue weighted by molar-refractivity contribution is -0.135. The molecule has 54 heavy (non-hydrogen) atoms. The molecule has 2 aliphatic rings. The van der Waals surface area contributed by atoms with Crippen LogP contribution in [0.1, 0.15) is 51.4 Å². The van der Waals surface area contributed by atoms with Gasteiger partial charge in [-0.25, -0.2) is 19.6 Å². The van der Waals surface area contributed by atoms with Crippen LogP contribution in [0.15, 0.2) is 85.2 Å². The Morgan fingerprint density at radius 1 is 0.704 bits per heavy atom. The van der Waals surface area contributed by atoms with E-state index in [9.17, 15) is 19.2 Å². The van der Waals surface area contributed by atoms with Crippen LogP contribution < -0.4 is 10.6 Å². The van der Waals surface area contributed by atoms with E-state index in [1.165, 1.54) is 14.2 Å². The normalized spacial score (nSPS) is 17.6. The number of hydrogen-bond acceptors (Lipinski definition) is 8. The fourth-order valence-corrected chi connectivity index (χ4v) is 6.67. The number of alkyl carbamates (subject to hydrolysis) is 2. The minimum absolute atomic E-state index is 0.134. The van der Waals surface area contributed by atoms with Crippen LogP contribution in [-0.2, 0) is 19.1 Å². The summed E-state index contributed by atoms with van der Waals surface area (Å²) in [6, 6.07) is 14.0. The topological polar surface area (TPSA) is 175 Å². The molecule has 4 heterocycles.